The highest BCUT2D eigenvalue weighted by atomic mass is 32.2. The van der Waals surface area contributed by atoms with Crippen molar-refractivity contribution in [3.05, 3.63) is 30.0 Å². The summed E-state index contributed by atoms with van der Waals surface area (Å²) in [5.74, 6) is 1.06. The number of anilines is 4. The van der Waals surface area contributed by atoms with Gasteiger partial charge in [0.2, 0.25) is 5.95 Å². The molecule has 4 N–H and O–H groups in total. The number of amides is 1. The lowest BCUT2D eigenvalue weighted by Gasteiger charge is -2.44. The third-order valence-electron chi connectivity index (χ3n) is 5.74. The third-order valence-corrected chi connectivity index (χ3v) is 6.80. The normalized spacial score (nSPS) is 21.5. The molecule has 1 unspecified atom stereocenters. The first-order valence-electron chi connectivity index (χ1n) is 10.3. The lowest BCUT2D eigenvalue weighted by Crippen LogP contribution is -2.57. The van der Waals surface area contributed by atoms with Crippen molar-refractivity contribution in [1.82, 2.24) is 14.3 Å². The number of ether oxygens (including phenoxy) is 1. The van der Waals surface area contributed by atoms with Crippen molar-refractivity contribution in [2.75, 3.05) is 48.0 Å². The Hall–Kier alpha value is -2.92. The van der Waals surface area contributed by atoms with E-state index >= 15 is 0 Å². The topological polar surface area (TPSA) is 126 Å². The van der Waals surface area contributed by atoms with Crippen LogP contribution < -0.4 is 26.0 Å². The van der Waals surface area contributed by atoms with Gasteiger partial charge in [-0.2, -0.15) is 4.98 Å². The van der Waals surface area contributed by atoms with E-state index in [-0.39, 0.29) is 11.6 Å². The maximum atomic E-state index is 11.8. The number of piperazine rings is 1. The zero-order valence-electron chi connectivity index (χ0n) is 17.2. The zero-order chi connectivity index (χ0) is 21.5. The van der Waals surface area contributed by atoms with Crippen molar-refractivity contribution >= 4 is 40.0 Å². The average Bonchev–Trinajstić information content (AvgIpc) is 3.57. The number of aromatic nitrogens is 2. The van der Waals surface area contributed by atoms with Gasteiger partial charge in [-0.25, -0.2) is 13.5 Å². The minimum absolute atomic E-state index is 0.185. The van der Waals surface area contributed by atoms with Gasteiger partial charge in [0, 0.05) is 49.9 Å². The van der Waals surface area contributed by atoms with Crippen LogP contribution in [0.15, 0.2) is 24.4 Å². The predicted molar refractivity (Wildman–Crippen MR) is 119 cm³/mol. The van der Waals surface area contributed by atoms with Crippen LogP contribution in [0.1, 0.15) is 23.2 Å². The Bertz CT molecular complexity index is 1050. The van der Waals surface area contributed by atoms with Crippen LogP contribution in [0.5, 0.6) is 5.75 Å². The first kappa shape index (κ1) is 20.0. The minimum Gasteiger partial charge on any atom is -0.489 e. The standard InChI is InChI=1S/C20H25N7O3S/c1-31(29)26-6-7-27-14(10-26)11-30-17-8-13(4-5-16(17)27)24-20-22-9-15(18(21)28)19(25-20)23-12-2-3-12/h4-5,8-9,12,14H,2-3,6-7,10-11H2,1H3,(H2,21,28)(H2,22,23,24,25)/t14-,31?/m1/s1. The number of carbonyl (C=O) groups excluding carboxylic acids is 1. The summed E-state index contributed by atoms with van der Waals surface area (Å²) in [5.41, 5.74) is 7.55. The van der Waals surface area contributed by atoms with Crippen LogP contribution in [0.2, 0.25) is 0 Å². The minimum atomic E-state index is -0.965. The fraction of sp³-hybridized carbons (Fsp3) is 0.450. The van der Waals surface area contributed by atoms with Crippen LogP contribution in [0.25, 0.3) is 0 Å². The molecule has 2 fully saturated rings. The van der Waals surface area contributed by atoms with E-state index in [9.17, 15) is 9.00 Å². The van der Waals surface area contributed by atoms with Gasteiger partial charge in [0.25, 0.3) is 5.91 Å². The second-order valence-electron chi connectivity index (χ2n) is 8.02. The smallest absolute Gasteiger partial charge is 0.254 e. The molecule has 3 aliphatic rings. The number of primary amides is 1. The number of benzene rings is 1. The number of nitrogens with one attached hydrogen (secondary N) is 2. The number of carbonyl (C=O) groups is 1. The molecule has 1 amide bonds. The molecule has 0 radical (unpaired) electrons. The number of rotatable bonds is 6. The summed E-state index contributed by atoms with van der Waals surface area (Å²) in [6, 6.07) is 6.41. The van der Waals surface area contributed by atoms with Crippen LogP contribution >= 0.6 is 0 Å². The summed E-state index contributed by atoms with van der Waals surface area (Å²) in [6.45, 7) is 2.83. The van der Waals surface area contributed by atoms with E-state index < -0.39 is 16.9 Å². The maximum absolute atomic E-state index is 11.8. The van der Waals surface area contributed by atoms with Crippen molar-refractivity contribution < 1.29 is 13.7 Å². The van der Waals surface area contributed by atoms with Crippen molar-refractivity contribution in [2.24, 2.45) is 5.73 Å². The molecule has 1 aliphatic carbocycles. The van der Waals surface area contributed by atoms with Crippen molar-refractivity contribution in [1.29, 1.82) is 0 Å². The Morgan fingerprint density at radius 3 is 2.90 bits per heavy atom. The van der Waals surface area contributed by atoms with Gasteiger partial charge in [-0.15, -0.1) is 0 Å². The molecule has 1 saturated carbocycles. The van der Waals surface area contributed by atoms with Gasteiger partial charge >= 0.3 is 0 Å². The van der Waals surface area contributed by atoms with Crippen LogP contribution in [0, 0.1) is 0 Å². The molecular weight excluding hydrogens is 418 g/mol. The highest BCUT2D eigenvalue weighted by molar-refractivity contribution is 7.81. The highest BCUT2D eigenvalue weighted by Crippen LogP contribution is 2.38. The Labute approximate surface area is 182 Å². The summed E-state index contributed by atoms with van der Waals surface area (Å²) in [4.78, 5) is 22.7. The fourth-order valence-corrected chi connectivity index (χ4v) is 4.65. The molecule has 2 aliphatic heterocycles. The molecule has 31 heavy (non-hydrogen) atoms. The second-order valence-corrected chi connectivity index (χ2v) is 9.38. The van der Waals surface area contributed by atoms with E-state index in [0.717, 1.165) is 49.6 Å². The molecule has 164 valence electrons. The number of nitrogens with two attached hydrogens (primary N) is 1. The fourth-order valence-electron chi connectivity index (χ4n) is 3.93. The molecule has 2 atom stereocenters. The third kappa shape index (κ3) is 4.15. The zero-order valence-corrected chi connectivity index (χ0v) is 18.0. The quantitative estimate of drug-likeness (QED) is 0.605. The molecule has 0 bridgehead atoms. The molecule has 10 nitrogen and oxygen atoms in total. The molecular formula is C20H25N7O3S. The van der Waals surface area contributed by atoms with Crippen molar-refractivity contribution in [2.45, 2.75) is 24.9 Å². The molecule has 1 aromatic carbocycles. The second kappa shape index (κ2) is 7.97. The summed E-state index contributed by atoms with van der Waals surface area (Å²) in [6.07, 6.45) is 5.26. The number of fused-ring (bicyclic) bond motifs is 3. The SMILES string of the molecule is CS(=O)N1CCN2c3ccc(Nc4ncc(C(N)=O)c(NC5CC5)n4)cc3OC[C@H]2C1. The monoisotopic (exact) mass is 443 g/mol. The van der Waals surface area contributed by atoms with E-state index in [1.807, 2.05) is 22.5 Å². The molecule has 1 saturated heterocycles. The van der Waals surface area contributed by atoms with Gasteiger partial charge in [-0.3, -0.25) is 4.79 Å². The molecule has 5 rings (SSSR count). The van der Waals surface area contributed by atoms with Crippen LogP contribution in [-0.2, 0) is 11.0 Å². The van der Waals surface area contributed by atoms with Crippen LogP contribution in [0.3, 0.4) is 0 Å². The van der Waals surface area contributed by atoms with E-state index in [0.29, 0.717) is 24.4 Å². The van der Waals surface area contributed by atoms with Gasteiger partial charge in [0.15, 0.2) is 0 Å². The van der Waals surface area contributed by atoms with Gasteiger partial charge in [-0.1, -0.05) is 0 Å². The summed E-state index contributed by atoms with van der Waals surface area (Å²) in [7, 11) is -0.965. The van der Waals surface area contributed by atoms with Gasteiger partial charge in [0.1, 0.15) is 18.2 Å². The number of hydrogen-bond donors (Lipinski definition) is 3. The molecule has 1 aromatic heterocycles. The van der Waals surface area contributed by atoms with Gasteiger partial charge < -0.3 is 26.0 Å². The number of nitrogens with zero attached hydrogens (tertiary/aromatic N) is 4. The molecule has 0 spiro atoms. The summed E-state index contributed by atoms with van der Waals surface area (Å²) < 4.78 is 19.8. The Morgan fingerprint density at radius 2 is 2.16 bits per heavy atom. The molecule has 2 aromatic rings. The van der Waals surface area contributed by atoms with Crippen LogP contribution in [-0.4, -0.2) is 69.0 Å². The predicted octanol–water partition coefficient (Wildman–Crippen LogP) is 1.07. The highest BCUT2D eigenvalue weighted by Gasteiger charge is 2.34. The lowest BCUT2D eigenvalue weighted by molar-refractivity contribution is 0.100. The van der Waals surface area contributed by atoms with Gasteiger partial charge in [0.05, 0.1) is 28.3 Å². The van der Waals surface area contributed by atoms with E-state index in [1.54, 1.807) is 6.26 Å². The Morgan fingerprint density at radius 1 is 1.32 bits per heavy atom. The van der Waals surface area contributed by atoms with E-state index in [1.165, 1.54) is 6.20 Å². The van der Waals surface area contributed by atoms with Crippen LogP contribution in [0.4, 0.5) is 23.1 Å². The first-order chi connectivity index (χ1) is 15.0. The Balaban J connectivity index is 1.34. The van der Waals surface area contributed by atoms with Crippen molar-refractivity contribution in [3.63, 3.8) is 0 Å². The van der Waals surface area contributed by atoms with Gasteiger partial charge in [-0.05, 0) is 25.0 Å². The molecule has 11 heteroatoms. The summed E-state index contributed by atoms with van der Waals surface area (Å²) in [5, 5.41) is 6.42. The lowest BCUT2D eigenvalue weighted by atomic mass is 10.1. The van der Waals surface area contributed by atoms with E-state index in [4.69, 9.17) is 10.5 Å². The Kier molecular flexibility index (Phi) is 5.14. The maximum Gasteiger partial charge on any atom is 0.254 e. The summed E-state index contributed by atoms with van der Waals surface area (Å²) >= 11 is 0. The number of hydrogen-bond acceptors (Lipinski definition) is 8. The van der Waals surface area contributed by atoms with E-state index in [2.05, 4.69) is 25.5 Å². The molecule has 3 heterocycles. The first-order valence-corrected chi connectivity index (χ1v) is 11.8. The van der Waals surface area contributed by atoms with Crippen molar-refractivity contribution in [3.8, 4) is 5.75 Å². The average molecular weight is 444 g/mol. The largest absolute Gasteiger partial charge is 0.489 e.